The number of halogens is 2. The first-order chi connectivity index (χ1) is 16.3. The molecule has 0 saturated heterocycles. The van der Waals surface area contributed by atoms with Crippen molar-refractivity contribution in [1.82, 2.24) is 21.7 Å². The molecule has 4 N–H and O–H groups in total. The van der Waals surface area contributed by atoms with Crippen LogP contribution in [0.15, 0.2) is 72.8 Å². The first kappa shape index (κ1) is 24.1. The molecule has 3 aromatic carbocycles. The van der Waals surface area contributed by atoms with Gasteiger partial charge in [-0.3, -0.25) is 40.9 Å². The van der Waals surface area contributed by atoms with Crippen LogP contribution in [0.2, 0.25) is 0 Å². The highest BCUT2D eigenvalue weighted by atomic mass is 19.1. The number of benzene rings is 3. The molecule has 0 saturated carbocycles. The van der Waals surface area contributed by atoms with Crippen LogP contribution < -0.4 is 21.7 Å². The van der Waals surface area contributed by atoms with Crippen LogP contribution in [0.1, 0.15) is 31.8 Å². The van der Waals surface area contributed by atoms with Gasteiger partial charge in [-0.2, -0.15) is 0 Å². The first-order valence-electron chi connectivity index (χ1n) is 10.1. The van der Waals surface area contributed by atoms with Crippen molar-refractivity contribution in [3.8, 4) is 0 Å². The van der Waals surface area contributed by atoms with E-state index in [0.717, 1.165) is 0 Å². The first-order valence-corrected chi connectivity index (χ1v) is 10.1. The van der Waals surface area contributed by atoms with E-state index in [1.807, 2.05) is 0 Å². The van der Waals surface area contributed by atoms with E-state index in [0.29, 0.717) is 11.1 Å². The number of hydrogen-bond acceptors (Lipinski definition) is 4. The van der Waals surface area contributed by atoms with Crippen molar-refractivity contribution in [3.05, 3.63) is 107 Å². The van der Waals surface area contributed by atoms with Crippen LogP contribution in [-0.2, 0) is 22.4 Å². The lowest BCUT2D eigenvalue weighted by atomic mass is 10.1. The van der Waals surface area contributed by atoms with Gasteiger partial charge < -0.3 is 0 Å². The van der Waals surface area contributed by atoms with E-state index in [4.69, 9.17) is 0 Å². The van der Waals surface area contributed by atoms with E-state index in [9.17, 15) is 28.0 Å². The van der Waals surface area contributed by atoms with Crippen molar-refractivity contribution >= 4 is 23.6 Å². The number of carbonyl (C=O) groups is 4. The smallest absolute Gasteiger partial charge is 0.269 e. The van der Waals surface area contributed by atoms with Gasteiger partial charge in [0.2, 0.25) is 11.8 Å². The van der Waals surface area contributed by atoms with Gasteiger partial charge in [-0.05, 0) is 59.7 Å². The number of carbonyl (C=O) groups excluding carboxylic acids is 4. The summed E-state index contributed by atoms with van der Waals surface area (Å²) in [6.07, 6.45) is -0.0981. The van der Waals surface area contributed by atoms with Crippen molar-refractivity contribution < 1.29 is 28.0 Å². The highest BCUT2D eigenvalue weighted by molar-refractivity contribution is 5.99. The number of rotatable bonds is 6. The molecule has 10 heteroatoms. The topological polar surface area (TPSA) is 116 Å². The molecule has 0 unspecified atom stereocenters. The summed E-state index contributed by atoms with van der Waals surface area (Å²) < 4.78 is 25.8. The molecule has 0 heterocycles. The third-order valence-corrected chi connectivity index (χ3v) is 4.60. The molecule has 0 atom stereocenters. The van der Waals surface area contributed by atoms with Crippen molar-refractivity contribution in [2.45, 2.75) is 12.8 Å². The Hall–Kier alpha value is -4.60. The van der Waals surface area contributed by atoms with Crippen molar-refractivity contribution in [2.75, 3.05) is 0 Å². The molecule has 34 heavy (non-hydrogen) atoms. The van der Waals surface area contributed by atoms with E-state index in [1.54, 1.807) is 0 Å². The van der Waals surface area contributed by atoms with Gasteiger partial charge in [0.15, 0.2) is 0 Å². The van der Waals surface area contributed by atoms with Gasteiger partial charge >= 0.3 is 0 Å². The fraction of sp³-hybridized carbons (Fsp3) is 0.0833. The highest BCUT2D eigenvalue weighted by Gasteiger charge is 2.12. The Morgan fingerprint density at radius 1 is 0.500 bits per heavy atom. The summed E-state index contributed by atoms with van der Waals surface area (Å²) in [5, 5.41) is 0. The Kier molecular flexibility index (Phi) is 8.01. The largest absolute Gasteiger partial charge is 0.273 e. The highest BCUT2D eigenvalue weighted by Crippen LogP contribution is 2.06. The average molecular weight is 466 g/mol. The van der Waals surface area contributed by atoms with Crippen LogP contribution in [0.3, 0.4) is 0 Å². The second kappa shape index (κ2) is 11.3. The fourth-order valence-electron chi connectivity index (χ4n) is 2.83. The lowest BCUT2D eigenvalue weighted by molar-refractivity contribution is -0.122. The molecular formula is C24H20F2N4O4. The van der Waals surface area contributed by atoms with Gasteiger partial charge in [-0.15, -0.1) is 0 Å². The maximum atomic E-state index is 12.9. The molecule has 0 bridgehead atoms. The van der Waals surface area contributed by atoms with Crippen molar-refractivity contribution in [2.24, 2.45) is 0 Å². The number of hydrogen-bond donors (Lipinski definition) is 4. The summed E-state index contributed by atoms with van der Waals surface area (Å²) in [4.78, 5) is 48.2. The molecule has 0 aliphatic heterocycles. The summed E-state index contributed by atoms with van der Waals surface area (Å²) in [7, 11) is 0. The van der Waals surface area contributed by atoms with Crippen LogP contribution in [-0.4, -0.2) is 23.6 Å². The molecule has 0 aliphatic carbocycles. The van der Waals surface area contributed by atoms with E-state index in [1.165, 1.54) is 72.8 Å². The molecule has 0 spiro atoms. The van der Waals surface area contributed by atoms with Gasteiger partial charge in [0.05, 0.1) is 12.8 Å². The molecule has 3 aromatic rings. The molecular weight excluding hydrogens is 446 g/mol. The molecule has 0 aromatic heterocycles. The normalized spacial score (nSPS) is 10.2. The minimum absolute atomic E-state index is 0.0491. The van der Waals surface area contributed by atoms with E-state index >= 15 is 0 Å². The molecule has 0 aliphatic rings. The van der Waals surface area contributed by atoms with Gasteiger partial charge in [0, 0.05) is 11.1 Å². The summed E-state index contributed by atoms with van der Waals surface area (Å²) in [6.45, 7) is 0. The van der Waals surface area contributed by atoms with Crippen LogP contribution in [0.5, 0.6) is 0 Å². The Morgan fingerprint density at radius 3 is 1.15 bits per heavy atom. The molecule has 3 rings (SSSR count). The maximum absolute atomic E-state index is 12.9. The summed E-state index contributed by atoms with van der Waals surface area (Å²) in [5.41, 5.74) is 10.5. The Balaban J connectivity index is 1.43. The van der Waals surface area contributed by atoms with Crippen LogP contribution in [0, 0.1) is 11.6 Å². The zero-order valence-electron chi connectivity index (χ0n) is 17.7. The summed E-state index contributed by atoms with van der Waals surface area (Å²) in [6, 6.07) is 16.3. The fourth-order valence-corrected chi connectivity index (χ4v) is 2.83. The predicted molar refractivity (Wildman–Crippen MR) is 118 cm³/mol. The summed E-state index contributed by atoms with van der Waals surface area (Å²) >= 11 is 0. The molecule has 4 amide bonds. The lowest BCUT2D eigenvalue weighted by Gasteiger charge is -2.09. The van der Waals surface area contributed by atoms with Gasteiger partial charge in [0.1, 0.15) is 11.6 Å². The van der Waals surface area contributed by atoms with Crippen molar-refractivity contribution in [3.63, 3.8) is 0 Å². The van der Waals surface area contributed by atoms with E-state index in [2.05, 4.69) is 21.7 Å². The number of hydrazine groups is 2. The van der Waals surface area contributed by atoms with Crippen LogP contribution in [0.25, 0.3) is 0 Å². The van der Waals surface area contributed by atoms with Crippen LogP contribution >= 0.6 is 0 Å². The van der Waals surface area contributed by atoms with Gasteiger partial charge in [-0.1, -0.05) is 24.3 Å². The average Bonchev–Trinajstić information content (AvgIpc) is 2.84. The zero-order chi connectivity index (χ0) is 24.5. The lowest BCUT2D eigenvalue weighted by Crippen LogP contribution is -2.43. The number of amides is 4. The Bertz CT molecular complexity index is 1090. The third-order valence-electron chi connectivity index (χ3n) is 4.60. The molecule has 8 nitrogen and oxygen atoms in total. The van der Waals surface area contributed by atoms with Crippen LogP contribution in [0.4, 0.5) is 8.78 Å². The van der Waals surface area contributed by atoms with E-state index < -0.39 is 35.3 Å². The Labute approximate surface area is 193 Å². The van der Waals surface area contributed by atoms with Gasteiger partial charge in [-0.25, -0.2) is 8.78 Å². The second-order valence-corrected chi connectivity index (χ2v) is 7.19. The molecule has 0 fully saturated rings. The quantitative estimate of drug-likeness (QED) is 0.416. The predicted octanol–water partition coefficient (Wildman–Crippen LogP) is 1.97. The molecule has 174 valence electrons. The standard InChI is InChI=1S/C24H20F2N4O4/c25-19-9-1-15(2-10-19)13-21(31)27-29-23(33)17-5-7-18(8-6-17)24(34)30-28-22(32)14-16-3-11-20(26)12-4-16/h1-12H,13-14H2,(H,27,31)(H,28,32)(H,29,33)(H,30,34). The SMILES string of the molecule is O=C(Cc1ccc(F)cc1)NNC(=O)c1ccc(C(=O)NNC(=O)Cc2ccc(F)cc2)cc1. The van der Waals surface area contributed by atoms with Gasteiger partial charge in [0.25, 0.3) is 11.8 Å². The molecule has 0 radical (unpaired) electrons. The monoisotopic (exact) mass is 466 g/mol. The Morgan fingerprint density at radius 2 is 0.824 bits per heavy atom. The summed E-state index contributed by atoms with van der Waals surface area (Å²) in [5.74, 6) is -3.03. The third kappa shape index (κ3) is 7.23. The maximum Gasteiger partial charge on any atom is 0.269 e. The zero-order valence-corrected chi connectivity index (χ0v) is 17.7. The van der Waals surface area contributed by atoms with Crippen molar-refractivity contribution in [1.29, 1.82) is 0 Å². The minimum Gasteiger partial charge on any atom is -0.273 e. The van der Waals surface area contributed by atoms with E-state index in [-0.39, 0.29) is 24.0 Å². The second-order valence-electron chi connectivity index (χ2n) is 7.19. The minimum atomic E-state index is -0.605. The number of nitrogens with one attached hydrogen (secondary N) is 4.